The summed E-state index contributed by atoms with van der Waals surface area (Å²) in [5, 5.41) is 4.86. The van der Waals surface area contributed by atoms with Crippen LogP contribution in [0.4, 0.5) is 0 Å². The maximum Gasteiger partial charge on any atom is 0.163 e. The molecule has 29 heavy (non-hydrogen) atoms. The van der Waals surface area contributed by atoms with Crippen molar-refractivity contribution >= 4 is 23.2 Å². The highest BCUT2D eigenvalue weighted by molar-refractivity contribution is 6.31. The molecule has 0 aliphatic heterocycles. The van der Waals surface area contributed by atoms with Crippen molar-refractivity contribution in [3.05, 3.63) is 57.6 Å². The first-order valence-corrected chi connectivity index (χ1v) is 11.1. The van der Waals surface area contributed by atoms with Crippen molar-refractivity contribution in [1.82, 2.24) is 10.2 Å². The molecule has 160 valence electrons. The second-order valence-electron chi connectivity index (χ2n) is 6.80. The molecule has 0 unspecified atom stereocenters. The first kappa shape index (κ1) is 23.8. The molecule has 0 atom stereocenters. The fraction of sp³-hybridized carbons (Fsp3) is 0.478. The van der Waals surface area contributed by atoms with Gasteiger partial charge in [-0.1, -0.05) is 49.2 Å². The van der Waals surface area contributed by atoms with Gasteiger partial charge in [-0.15, -0.1) is 0 Å². The number of benzene rings is 2. The molecule has 0 aliphatic carbocycles. The SMILES string of the molecule is CCOc1cc(CNCCCN(CC)CC)c(Cl)cc1OCc1ccc(Cl)cc1. The topological polar surface area (TPSA) is 33.7 Å². The molecule has 2 aromatic rings. The number of rotatable bonds is 13. The Labute approximate surface area is 185 Å². The lowest BCUT2D eigenvalue weighted by molar-refractivity contribution is 0.269. The Morgan fingerprint density at radius 1 is 0.931 bits per heavy atom. The van der Waals surface area contributed by atoms with Crippen LogP contribution in [0.5, 0.6) is 11.5 Å². The lowest BCUT2D eigenvalue weighted by Gasteiger charge is -2.18. The van der Waals surface area contributed by atoms with Crippen LogP contribution in [0.2, 0.25) is 10.0 Å². The van der Waals surface area contributed by atoms with E-state index in [1.807, 2.05) is 43.3 Å². The molecule has 6 heteroatoms. The fourth-order valence-electron chi connectivity index (χ4n) is 3.03. The van der Waals surface area contributed by atoms with Crippen molar-refractivity contribution in [2.75, 3.05) is 32.8 Å². The Balaban J connectivity index is 1.94. The molecular formula is C23H32Cl2N2O2. The first-order chi connectivity index (χ1) is 14.1. The molecular weight excluding hydrogens is 407 g/mol. The van der Waals surface area contributed by atoms with Crippen LogP contribution in [0.25, 0.3) is 0 Å². The van der Waals surface area contributed by atoms with E-state index in [9.17, 15) is 0 Å². The van der Waals surface area contributed by atoms with Gasteiger partial charge in [0.15, 0.2) is 11.5 Å². The second kappa shape index (κ2) is 13.0. The molecule has 0 saturated carbocycles. The zero-order valence-corrected chi connectivity index (χ0v) is 19.2. The van der Waals surface area contributed by atoms with Crippen LogP contribution in [0.15, 0.2) is 36.4 Å². The number of ether oxygens (including phenoxy) is 2. The van der Waals surface area contributed by atoms with Crippen LogP contribution in [-0.4, -0.2) is 37.7 Å². The predicted molar refractivity (Wildman–Crippen MR) is 123 cm³/mol. The van der Waals surface area contributed by atoms with E-state index in [-0.39, 0.29) is 0 Å². The summed E-state index contributed by atoms with van der Waals surface area (Å²) in [6.07, 6.45) is 1.11. The van der Waals surface area contributed by atoms with Gasteiger partial charge in [0.1, 0.15) is 6.61 Å². The monoisotopic (exact) mass is 438 g/mol. The highest BCUT2D eigenvalue weighted by Gasteiger charge is 2.12. The first-order valence-electron chi connectivity index (χ1n) is 10.3. The molecule has 0 aromatic heterocycles. The van der Waals surface area contributed by atoms with E-state index in [0.717, 1.165) is 43.7 Å². The molecule has 2 aromatic carbocycles. The van der Waals surface area contributed by atoms with Gasteiger partial charge in [0.05, 0.1) is 6.61 Å². The van der Waals surface area contributed by atoms with Crippen LogP contribution >= 0.6 is 23.2 Å². The number of hydrogen-bond acceptors (Lipinski definition) is 4. The molecule has 0 fully saturated rings. The van der Waals surface area contributed by atoms with Crippen LogP contribution < -0.4 is 14.8 Å². The third-order valence-electron chi connectivity index (χ3n) is 4.76. The van der Waals surface area contributed by atoms with Gasteiger partial charge in [-0.05, 0) is 68.8 Å². The second-order valence-corrected chi connectivity index (χ2v) is 7.64. The molecule has 1 N–H and O–H groups in total. The number of nitrogens with zero attached hydrogens (tertiary/aromatic N) is 1. The maximum atomic E-state index is 6.51. The van der Waals surface area contributed by atoms with E-state index in [4.69, 9.17) is 32.7 Å². The van der Waals surface area contributed by atoms with Gasteiger partial charge in [0.2, 0.25) is 0 Å². The highest BCUT2D eigenvalue weighted by atomic mass is 35.5. The minimum atomic E-state index is 0.427. The van der Waals surface area contributed by atoms with Crippen LogP contribution in [0.3, 0.4) is 0 Å². The van der Waals surface area contributed by atoms with Crippen molar-refractivity contribution in [1.29, 1.82) is 0 Å². The van der Waals surface area contributed by atoms with Crippen molar-refractivity contribution in [2.24, 2.45) is 0 Å². The Kier molecular flexibility index (Phi) is 10.6. The van der Waals surface area contributed by atoms with E-state index in [1.165, 1.54) is 0 Å². The Morgan fingerprint density at radius 3 is 2.28 bits per heavy atom. The Morgan fingerprint density at radius 2 is 1.62 bits per heavy atom. The van der Waals surface area contributed by atoms with Gasteiger partial charge < -0.3 is 19.7 Å². The van der Waals surface area contributed by atoms with Gasteiger partial charge in [0.25, 0.3) is 0 Å². The summed E-state index contributed by atoms with van der Waals surface area (Å²) in [6.45, 7) is 12.3. The third kappa shape index (κ3) is 8.06. The standard InChI is InChI=1S/C23H32Cl2N2O2/c1-4-27(5-2)13-7-12-26-16-19-14-22(28-6-3)23(15-21(19)25)29-17-18-8-10-20(24)11-9-18/h8-11,14-15,26H,4-7,12-13,16-17H2,1-3H3. The van der Waals surface area contributed by atoms with Crippen molar-refractivity contribution < 1.29 is 9.47 Å². The largest absolute Gasteiger partial charge is 0.490 e. The summed E-state index contributed by atoms with van der Waals surface area (Å²) in [5.41, 5.74) is 2.05. The lowest BCUT2D eigenvalue weighted by Crippen LogP contribution is -2.27. The molecule has 0 aliphatic rings. The molecule has 0 spiro atoms. The summed E-state index contributed by atoms with van der Waals surface area (Å²) < 4.78 is 11.8. The Bertz CT molecular complexity index is 734. The number of halogens is 2. The van der Waals surface area contributed by atoms with Crippen molar-refractivity contribution in [2.45, 2.75) is 40.3 Å². The zero-order valence-electron chi connectivity index (χ0n) is 17.6. The normalized spacial score (nSPS) is 11.1. The molecule has 0 amide bonds. The summed E-state index contributed by atoms with van der Waals surface area (Å²) >= 11 is 12.4. The minimum absolute atomic E-state index is 0.427. The summed E-state index contributed by atoms with van der Waals surface area (Å²) in [5.74, 6) is 1.36. The van der Waals surface area contributed by atoms with E-state index in [2.05, 4.69) is 24.1 Å². The van der Waals surface area contributed by atoms with Crippen molar-refractivity contribution in [3.8, 4) is 11.5 Å². The number of hydrogen-bond donors (Lipinski definition) is 1. The van der Waals surface area contributed by atoms with Crippen LogP contribution in [0.1, 0.15) is 38.3 Å². The third-order valence-corrected chi connectivity index (χ3v) is 5.36. The smallest absolute Gasteiger partial charge is 0.163 e. The summed E-state index contributed by atoms with van der Waals surface area (Å²) in [6, 6.07) is 11.4. The average Bonchev–Trinajstić information content (AvgIpc) is 2.72. The van der Waals surface area contributed by atoms with E-state index >= 15 is 0 Å². The van der Waals surface area contributed by atoms with Gasteiger partial charge in [-0.3, -0.25) is 0 Å². The van der Waals surface area contributed by atoms with Gasteiger partial charge in [-0.25, -0.2) is 0 Å². The van der Waals surface area contributed by atoms with Crippen LogP contribution in [-0.2, 0) is 13.2 Å². The molecule has 4 nitrogen and oxygen atoms in total. The maximum absolute atomic E-state index is 6.51. The predicted octanol–water partition coefficient (Wildman–Crippen LogP) is 5.79. The fourth-order valence-corrected chi connectivity index (χ4v) is 3.37. The molecule has 0 heterocycles. The quantitative estimate of drug-likeness (QED) is 0.401. The van der Waals surface area contributed by atoms with Gasteiger partial charge >= 0.3 is 0 Å². The zero-order chi connectivity index (χ0) is 21.1. The van der Waals surface area contributed by atoms with E-state index in [0.29, 0.717) is 41.3 Å². The van der Waals surface area contributed by atoms with Gasteiger partial charge in [0, 0.05) is 22.7 Å². The lowest BCUT2D eigenvalue weighted by atomic mass is 10.2. The van der Waals surface area contributed by atoms with Crippen molar-refractivity contribution in [3.63, 3.8) is 0 Å². The minimum Gasteiger partial charge on any atom is -0.490 e. The van der Waals surface area contributed by atoms with E-state index in [1.54, 1.807) is 0 Å². The summed E-state index contributed by atoms with van der Waals surface area (Å²) in [4.78, 5) is 2.43. The molecule has 0 radical (unpaired) electrons. The van der Waals surface area contributed by atoms with Crippen LogP contribution in [0, 0.1) is 0 Å². The van der Waals surface area contributed by atoms with E-state index < -0.39 is 0 Å². The highest BCUT2D eigenvalue weighted by Crippen LogP contribution is 2.34. The average molecular weight is 439 g/mol. The molecule has 2 rings (SSSR count). The van der Waals surface area contributed by atoms with Gasteiger partial charge in [-0.2, -0.15) is 0 Å². The molecule has 0 bridgehead atoms. The molecule has 0 saturated heterocycles. The number of nitrogens with one attached hydrogen (secondary N) is 1. The Hall–Kier alpha value is -1.46. The summed E-state index contributed by atoms with van der Waals surface area (Å²) in [7, 11) is 0.